The Balaban J connectivity index is 2.05. The Hall–Kier alpha value is -2.40. The number of amides is 1. The fourth-order valence-corrected chi connectivity index (χ4v) is 2.63. The van der Waals surface area contributed by atoms with E-state index in [9.17, 15) is 4.79 Å². The molecule has 0 aliphatic rings. The first-order valence-corrected chi connectivity index (χ1v) is 8.92. The average molecular weight is 378 g/mol. The third-order valence-electron chi connectivity index (χ3n) is 3.86. The quantitative estimate of drug-likeness (QED) is 0.612. The molecule has 6 heteroatoms. The molecule has 2 aromatic carbocycles. The molecular formula is C20H24ClNO4. The van der Waals surface area contributed by atoms with Gasteiger partial charge in [0.15, 0.2) is 0 Å². The van der Waals surface area contributed by atoms with Crippen LogP contribution in [0.15, 0.2) is 36.4 Å². The van der Waals surface area contributed by atoms with Gasteiger partial charge >= 0.3 is 0 Å². The molecule has 0 saturated carbocycles. The second-order valence-corrected chi connectivity index (χ2v) is 6.13. The lowest BCUT2D eigenvalue weighted by molar-refractivity contribution is 0.102. The van der Waals surface area contributed by atoms with Crippen LogP contribution in [0.4, 0.5) is 5.69 Å². The zero-order valence-corrected chi connectivity index (χ0v) is 16.1. The molecule has 0 radical (unpaired) electrons. The molecule has 0 saturated heterocycles. The van der Waals surface area contributed by atoms with Crippen molar-refractivity contribution in [3.05, 3.63) is 47.0 Å². The number of anilines is 1. The molecule has 2 rings (SSSR count). The number of hydrogen-bond donors (Lipinski definition) is 1. The van der Waals surface area contributed by atoms with Gasteiger partial charge < -0.3 is 19.5 Å². The van der Waals surface area contributed by atoms with Crippen LogP contribution in [0.25, 0.3) is 0 Å². The Kier molecular flexibility index (Phi) is 7.60. The summed E-state index contributed by atoms with van der Waals surface area (Å²) in [6.07, 6.45) is 3.32. The number of rotatable bonds is 9. The Bertz CT molecular complexity index is 731. The summed E-state index contributed by atoms with van der Waals surface area (Å²) in [5.74, 6) is 1.41. The van der Waals surface area contributed by atoms with E-state index in [1.54, 1.807) is 36.4 Å². The second kappa shape index (κ2) is 9.92. The first kappa shape index (κ1) is 19.9. The van der Waals surface area contributed by atoms with E-state index in [0.29, 0.717) is 34.4 Å². The molecule has 2 aromatic rings. The maximum Gasteiger partial charge on any atom is 0.255 e. The lowest BCUT2D eigenvalue weighted by Gasteiger charge is -2.13. The molecule has 140 valence electrons. The fourth-order valence-electron chi connectivity index (χ4n) is 2.40. The molecule has 0 heterocycles. The maximum absolute atomic E-state index is 12.5. The molecule has 0 atom stereocenters. The van der Waals surface area contributed by atoms with E-state index in [1.807, 2.05) is 0 Å². The number of carbonyl (C=O) groups is 1. The van der Waals surface area contributed by atoms with Crippen LogP contribution in [-0.2, 0) is 0 Å². The standard InChI is InChI=1S/C20H24ClNO4/c1-4-5-6-11-26-15-9-7-14(8-10-15)20(23)22-17-13-18(24-2)16(21)12-19(17)25-3/h7-10,12-13H,4-6,11H2,1-3H3,(H,22,23). The van der Waals surface area contributed by atoms with Crippen LogP contribution >= 0.6 is 11.6 Å². The number of nitrogens with one attached hydrogen (secondary N) is 1. The highest BCUT2D eigenvalue weighted by molar-refractivity contribution is 6.32. The SMILES string of the molecule is CCCCCOc1ccc(C(=O)Nc2cc(OC)c(Cl)cc2OC)cc1. The van der Waals surface area contributed by atoms with E-state index in [0.717, 1.165) is 25.0 Å². The molecule has 0 aromatic heterocycles. The van der Waals surface area contributed by atoms with Gasteiger partial charge in [-0.25, -0.2) is 0 Å². The summed E-state index contributed by atoms with van der Waals surface area (Å²) in [5.41, 5.74) is 1.00. The highest BCUT2D eigenvalue weighted by Crippen LogP contribution is 2.36. The molecule has 0 aliphatic carbocycles. The van der Waals surface area contributed by atoms with Crippen LogP contribution in [0.5, 0.6) is 17.2 Å². The molecule has 0 bridgehead atoms. The van der Waals surface area contributed by atoms with E-state index in [4.69, 9.17) is 25.8 Å². The largest absolute Gasteiger partial charge is 0.495 e. The van der Waals surface area contributed by atoms with E-state index >= 15 is 0 Å². The summed E-state index contributed by atoms with van der Waals surface area (Å²) in [6, 6.07) is 10.3. The zero-order valence-electron chi connectivity index (χ0n) is 15.3. The summed E-state index contributed by atoms with van der Waals surface area (Å²) < 4.78 is 16.1. The number of halogens is 1. The van der Waals surface area contributed by atoms with Gasteiger partial charge in [-0.1, -0.05) is 31.4 Å². The van der Waals surface area contributed by atoms with Crippen LogP contribution in [0, 0.1) is 0 Å². The van der Waals surface area contributed by atoms with Crippen molar-refractivity contribution >= 4 is 23.2 Å². The Morgan fingerprint density at radius 1 is 1.04 bits per heavy atom. The van der Waals surface area contributed by atoms with Gasteiger partial charge in [0.2, 0.25) is 0 Å². The molecule has 26 heavy (non-hydrogen) atoms. The summed E-state index contributed by atoms with van der Waals surface area (Å²) in [7, 11) is 3.02. The third-order valence-corrected chi connectivity index (χ3v) is 4.15. The monoisotopic (exact) mass is 377 g/mol. The molecular weight excluding hydrogens is 354 g/mol. The van der Waals surface area contributed by atoms with Crippen molar-refractivity contribution in [2.75, 3.05) is 26.1 Å². The van der Waals surface area contributed by atoms with Gasteiger partial charge in [-0.15, -0.1) is 0 Å². The number of hydrogen-bond acceptors (Lipinski definition) is 4. The molecule has 0 fully saturated rings. The lowest BCUT2D eigenvalue weighted by Crippen LogP contribution is -2.12. The highest BCUT2D eigenvalue weighted by Gasteiger charge is 2.14. The first-order chi connectivity index (χ1) is 12.6. The van der Waals surface area contributed by atoms with Crippen molar-refractivity contribution in [2.24, 2.45) is 0 Å². The van der Waals surface area contributed by atoms with Crippen LogP contribution < -0.4 is 19.5 Å². The number of carbonyl (C=O) groups excluding carboxylic acids is 1. The minimum absolute atomic E-state index is 0.259. The van der Waals surface area contributed by atoms with Gasteiger partial charge in [-0.3, -0.25) is 4.79 Å². The molecule has 1 amide bonds. The van der Waals surface area contributed by atoms with Crippen molar-refractivity contribution in [3.63, 3.8) is 0 Å². The normalized spacial score (nSPS) is 10.3. The van der Waals surface area contributed by atoms with Crippen molar-refractivity contribution in [2.45, 2.75) is 26.2 Å². The Labute approximate surface area is 159 Å². The number of methoxy groups -OCH3 is 2. The van der Waals surface area contributed by atoms with Crippen LogP contribution in [0.1, 0.15) is 36.5 Å². The van der Waals surface area contributed by atoms with E-state index in [-0.39, 0.29) is 5.91 Å². The minimum atomic E-state index is -0.259. The zero-order chi connectivity index (χ0) is 18.9. The summed E-state index contributed by atoms with van der Waals surface area (Å²) in [6.45, 7) is 2.83. The summed E-state index contributed by atoms with van der Waals surface area (Å²) in [4.78, 5) is 12.5. The average Bonchev–Trinajstić information content (AvgIpc) is 2.66. The van der Waals surface area contributed by atoms with Gasteiger partial charge in [0.25, 0.3) is 5.91 Å². The van der Waals surface area contributed by atoms with Crippen molar-refractivity contribution < 1.29 is 19.0 Å². The fraction of sp³-hybridized carbons (Fsp3) is 0.350. The van der Waals surface area contributed by atoms with Crippen LogP contribution in [-0.4, -0.2) is 26.7 Å². The third kappa shape index (κ3) is 5.30. The Morgan fingerprint density at radius 2 is 1.73 bits per heavy atom. The van der Waals surface area contributed by atoms with Gasteiger partial charge in [0, 0.05) is 17.7 Å². The van der Waals surface area contributed by atoms with Crippen molar-refractivity contribution in [1.29, 1.82) is 0 Å². The van der Waals surface area contributed by atoms with Crippen molar-refractivity contribution in [3.8, 4) is 17.2 Å². The van der Waals surface area contributed by atoms with Crippen LogP contribution in [0.3, 0.4) is 0 Å². The minimum Gasteiger partial charge on any atom is -0.495 e. The molecule has 0 aliphatic heterocycles. The number of benzene rings is 2. The predicted molar refractivity (Wildman–Crippen MR) is 104 cm³/mol. The van der Waals surface area contributed by atoms with Gasteiger partial charge in [0.05, 0.1) is 31.5 Å². The summed E-state index contributed by atoms with van der Waals surface area (Å²) in [5, 5.41) is 3.22. The van der Waals surface area contributed by atoms with E-state index in [2.05, 4.69) is 12.2 Å². The van der Waals surface area contributed by atoms with Gasteiger partial charge in [0.1, 0.15) is 17.2 Å². The maximum atomic E-state index is 12.5. The molecule has 0 spiro atoms. The molecule has 5 nitrogen and oxygen atoms in total. The smallest absolute Gasteiger partial charge is 0.255 e. The molecule has 0 unspecified atom stereocenters. The van der Waals surface area contributed by atoms with E-state index in [1.165, 1.54) is 14.2 Å². The number of ether oxygens (including phenoxy) is 3. The van der Waals surface area contributed by atoms with Crippen LogP contribution in [0.2, 0.25) is 5.02 Å². The predicted octanol–water partition coefficient (Wildman–Crippen LogP) is 5.18. The second-order valence-electron chi connectivity index (χ2n) is 5.72. The first-order valence-electron chi connectivity index (χ1n) is 8.54. The van der Waals surface area contributed by atoms with Gasteiger partial charge in [-0.2, -0.15) is 0 Å². The molecule has 1 N–H and O–H groups in total. The highest BCUT2D eigenvalue weighted by atomic mass is 35.5. The topological polar surface area (TPSA) is 56.8 Å². The lowest BCUT2D eigenvalue weighted by atomic mass is 10.2. The number of unbranched alkanes of at least 4 members (excludes halogenated alkanes) is 2. The summed E-state index contributed by atoms with van der Waals surface area (Å²) >= 11 is 6.08. The van der Waals surface area contributed by atoms with E-state index < -0.39 is 0 Å². The van der Waals surface area contributed by atoms with Crippen molar-refractivity contribution in [1.82, 2.24) is 0 Å². The van der Waals surface area contributed by atoms with Gasteiger partial charge in [-0.05, 0) is 30.7 Å². The Morgan fingerprint density at radius 3 is 2.35 bits per heavy atom.